The van der Waals surface area contributed by atoms with E-state index < -0.39 is 0 Å². The number of rotatable bonds is 3. The second-order valence-electron chi connectivity index (χ2n) is 5.08. The van der Waals surface area contributed by atoms with Crippen molar-refractivity contribution in [3.05, 3.63) is 56.4 Å². The van der Waals surface area contributed by atoms with Gasteiger partial charge in [-0.25, -0.2) is 4.98 Å². The second kappa shape index (κ2) is 5.66. The summed E-state index contributed by atoms with van der Waals surface area (Å²) in [6.45, 7) is 6.08. The van der Waals surface area contributed by atoms with Crippen LogP contribution in [0.3, 0.4) is 0 Å². The van der Waals surface area contributed by atoms with Crippen molar-refractivity contribution in [3.63, 3.8) is 0 Å². The van der Waals surface area contributed by atoms with Gasteiger partial charge in [-0.1, -0.05) is 17.7 Å². The van der Waals surface area contributed by atoms with Gasteiger partial charge in [-0.3, -0.25) is 4.79 Å². The van der Waals surface area contributed by atoms with Crippen LogP contribution in [-0.2, 0) is 5.75 Å². The van der Waals surface area contributed by atoms with Crippen molar-refractivity contribution in [2.75, 3.05) is 0 Å². The molecule has 0 fully saturated rings. The Morgan fingerprint density at radius 2 is 1.90 bits per heavy atom. The molecule has 0 unspecified atom stereocenters. The standard InChI is InChI=1S/C16H16N2OS2/c1-9-4-6-12(7-5-9)20-8-13-17-15(19)14-10(2)11(3)21-16(14)18-13/h4-7H,8H2,1-3H3,(H,17,18,19). The Kier molecular flexibility index (Phi) is 3.87. The number of H-pyrrole nitrogens is 1. The maximum Gasteiger partial charge on any atom is 0.259 e. The summed E-state index contributed by atoms with van der Waals surface area (Å²) in [5.41, 5.74) is 2.26. The normalized spacial score (nSPS) is 11.2. The molecule has 0 spiro atoms. The van der Waals surface area contributed by atoms with E-state index >= 15 is 0 Å². The molecule has 0 bridgehead atoms. The van der Waals surface area contributed by atoms with E-state index in [0.29, 0.717) is 5.75 Å². The van der Waals surface area contributed by atoms with Gasteiger partial charge in [0.05, 0.1) is 11.1 Å². The van der Waals surface area contributed by atoms with Crippen LogP contribution in [0.4, 0.5) is 0 Å². The summed E-state index contributed by atoms with van der Waals surface area (Å²) < 4.78 is 0. The summed E-state index contributed by atoms with van der Waals surface area (Å²) in [5.74, 6) is 1.41. The number of thioether (sulfide) groups is 1. The lowest BCUT2D eigenvalue weighted by Gasteiger charge is -2.02. The van der Waals surface area contributed by atoms with E-state index in [1.807, 2.05) is 13.8 Å². The highest BCUT2D eigenvalue weighted by atomic mass is 32.2. The maximum absolute atomic E-state index is 12.2. The number of nitrogens with zero attached hydrogens (tertiary/aromatic N) is 1. The van der Waals surface area contributed by atoms with Gasteiger partial charge >= 0.3 is 0 Å². The van der Waals surface area contributed by atoms with Crippen LogP contribution in [0.25, 0.3) is 10.2 Å². The van der Waals surface area contributed by atoms with Gasteiger partial charge in [0.1, 0.15) is 10.7 Å². The van der Waals surface area contributed by atoms with Crippen LogP contribution in [-0.4, -0.2) is 9.97 Å². The first kappa shape index (κ1) is 14.4. The van der Waals surface area contributed by atoms with Crippen LogP contribution in [0.1, 0.15) is 21.8 Å². The van der Waals surface area contributed by atoms with Gasteiger partial charge in [0.2, 0.25) is 0 Å². The Balaban J connectivity index is 1.88. The van der Waals surface area contributed by atoms with Crippen molar-refractivity contribution in [1.82, 2.24) is 9.97 Å². The summed E-state index contributed by atoms with van der Waals surface area (Å²) in [6.07, 6.45) is 0. The van der Waals surface area contributed by atoms with E-state index in [2.05, 4.69) is 41.2 Å². The fourth-order valence-corrected chi connectivity index (χ4v) is 3.97. The fourth-order valence-electron chi connectivity index (χ4n) is 2.15. The van der Waals surface area contributed by atoms with E-state index in [1.54, 1.807) is 23.1 Å². The van der Waals surface area contributed by atoms with Crippen LogP contribution in [0, 0.1) is 20.8 Å². The zero-order valence-corrected chi connectivity index (χ0v) is 13.8. The summed E-state index contributed by atoms with van der Waals surface area (Å²) in [6, 6.07) is 8.37. The SMILES string of the molecule is Cc1ccc(SCc2nc3sc(C)c(C)c3c(=O)[nH]2)cc1. The molecule has 3 aromatic rings. The van der Waals surface area contributed by atoms with Crippen molar-refractivity contribution in [2.24, 2.45) is 0 Å². The Bertz CT molecular complexity index is 847. The van der Waals surface area contributed by atoms with E-state index in [1.165, 1.54) is 10.5 Å². The minimum absolute atomic E-state index is 0.0265. The van der Waals surface area contributed by atoms with E-state index in [9.17, 15) is 4.79 Å². The maximum atomic E-state index is 12.2. The number of hydrogen-bond acceptors (Lipinski definition) is 4. The van der Waals surface area contributed by atoms with Gasteiger partial charge in [-0.2, -0.15) is 0 Å². The summed E-state index contributed by atoms with van der Waals surface area (Å²) in [7, 11) is 0. The first-order valence-electron chi connectivity index (χ1n) is 6.73. The van der Waals surface area contributed by atoms with Gasteiger partial charge in [0.15, 0.2) is 0 Å². The minimum atomic E-state index is -0.0265. The molecule has 0 atom stereocenters. The zero-order chi connectivity index (χ0) is 15.0. The molecule has 1 N–H and O–H groups in total. The molecule has 21 heavy (non-hydrogen) atoms. The molecule has 0 saturated carbocycles. The third kappa shape index (κ3) is 2.89. The molecule has 5 heteroatoms. The third-order valence-corrected chi connectivity index (χ3v) is 5.61. The van der Waals surface area contributed by atoms with Crippen molar-refractivity contribution < 1.29 is 0 Å². The third-order valence-electron chi connectivity index (χ3n) is 3.48. The fraction of sp³-hybridized carbons (Fsp3) is 0.250. The molecule has 0 amide bonds. The van der Waals surface area contributed by atoms with Gasteiger partial charge in [-0.05, 0) is 38.5 Å². The first-order chi connectivity index (χ1) is 10.0. The smallest absolute Gasteiger partial charge is 0.259 e. The van der Waals surface area contributed by atoms with Gasteiger partial charge in [-0.15, -0.1) is 23.1 Å². The van der Waals surface area contributed by atoms with Crippen molar-refractivity contribution in [1.29, 1.82) is 0 Å². The van der Waals surface area contributed by atoms with E-state index in [0.717, 1.165) is 26.5 Å². The molecule has 0 aliphatic heterocycles. The number of aromatic amines is 1. The molecule has 0 aliphatic rings. The molecular formula is C16H16N2OS2. The highest BCUT2D eigenvalue weighted by Gasteiger charge is 2.11. The summed E-state index contributed by atoms with van der Waals surface area (Å²) >= 11 is 3.27. The lowest BCUT2D eigenvalue weighted by molar-refractivity contribution is 1.04. The molecule has 2 aromatic heterocycles. The Morgan fingerprint density at radius 3 is 2.62 bits per heavy atom. The molecule has 0 saturated heterocycles. The molecule has 2 heterocycles. The predicted molar refractivity (Wildman–Crippen MR) is 90.5 cm³/mol. The number of aryl methyl sites for hydroxylation is 3. The minimum Gasteiger partial charge on any atom is -0.309 e. The second-order valence-corrected chi connectivity index (χ2v) is 7.33. The molecule has 3 rings (SSSR count). The highest BCUT2D eigenvalue weighted by molar-refractivity contribution is 7.98. The first-order valence-corrected chi connectivity index (χ1v) is 8.53. The Morgan fingerprint density at radius 1 is 1.19 bits per heavy atom. The average Bonchev–Trinajstić information content (AvgIpc) is 2.74. The lowest BCUT2D eigenvalue weighted by atomic mass is 10.2. The predicted octanol–water partition coefficient (Wildman–Crippen LogP) is 4.20. The van der Waals surface area contributed by atoms with Crippen LogP contribution >= 0.6 is 23.1 Å². The number of hydrogen-bond donors (Lipinski definition) is 1. The number of nitrogens with one attached hydrogen (secondary N) is 1. The quantitative estimate of drug-likeness (QED) is 0.737. The summed E-state index contributed by atoms with van der Waals surface area (Å²) in [4.78, 5) is 22.9. The number of aromatic nitrogens is 2. The van der Waals surface area contributed by atoms with E-state index in [-0.39, 0.29) is 5.56 Å². The molecule has 0 radical (unpaired) electrons. The number of benzene rings is 1. The van der Waals surface area contributed by atoms with Crippen LogP contribution in [0.5, 0.6) is 0 Å². The molecule has 0 aliphatic carbocycles. The highest BCUT2D eigenvalue weighted by Crippen LogP contribution is 2.27. The van der Waals surface area contributed by atoms with Gasteiger partial charge in [0, 0.05) is 9.77 Å². The van der Waals surface area contributed by atoms with Gasteiger partial charge < -0.3 is 4.98 Å². The topological polar surface area (TPSA) is 45.8 Å². The Labute approximate surface area is 131 Å². The van der Waals surface area contributed by atoms with Crippen molar-refractivity contribution >= 4 is 33.3 Å². The van der Waals surface area contributed by atoms with Gasteiger partial charge in [0.25, 0.3) is 5.56 Å². The van der Waals surface area contributed by atoms with Crippen LogP contribution < -0.4 is 5.56 Å². The van der Waals surface area contributed by atoms with Crippen molar-refractivity contribution in [3.8, 4) is 0 Å². The summed E-state index contributed by atoms with van der Waals surface area (Å²) in [5, 5.41) is 0.738. The van der Waals surface area contributed by atoms with Crippen LogP contribution in [0.2, 0.25) is 0 Å². The zero-order valence-electron chi connectivity index (χ0n) is 12.2. The van der Waals surface area contributed by atoms with E-state index in [4.69, 9.17) is 0 Å². The molecule has 3 nitrogen and oxygen atoms in total. The lowest BCUT2D eigenvalue weighted by Crippen LogP contribution is -2.10. The van der Waals surface area contributed by atoms with Crippen LogP contribution in [0.15, 0.2) is 34.0 Å². The largest absolute Gasteiger partial charge is 0.309 e. The number of thiophene rings is 1. The molecule has 1 aromatic carbocycles. The molecule has 108 valence electrons. The Hall–Kier alpha value is -1.59. The monoisotopic (exact) mass is 316 g/mol. The average molecular weight is 316 g/mol. The molecular weight excluding hydrogens is 300 g/mol. The van der Waals surface area contributed by atoms with Crippen molar-refractivity contribution in [2.45, 2.75) is 31.4 Å². The number of fused-ring (bicyclic) bond motifs is 1.